The molecule has 3 aliphatic rings. The first-order valence-electron chi connectivity index (χ1n) is 13.5. The molecule has 2 bridgehead atoms. The second-order valence-electron chi connectivity index (χ2n) is 10.6. The molecule has 4 aromatic heterocycles. The number of anilines is 2. The van der Waals surface area contributed by atoms with E-state index in [9.17, 15) is 23.9 Å². The predicted molar refractivity (Wildman–Crippen MR) is 156 cm³/mol. The normalized spacial score (nSPS) is 37.1. The maximum atomic E-state index is 16.0. The summed E-state index contributed by atoms with van der Waals surface area (Å²) in [6.45, 7) is -6.34. The average molecular weight is 706 g/mol. The van der Waals surface area contributed by atoms with Crippen molar-refractivity contribution in [2.45, 2.75) is 43.0 Å². The van der Waals surface area contributed by atoms with Gasteiger partial charge in [0.15, 0.2) is 41.3 Å². The second kappa shape index (κ2) is 11.6. The van der Waals surface area contributed by atoms with E-state index in [-0.39, 0.29) is 34.1 Å². The lowest BCUT2D eigenvalue weighted by atomic mass is 9.99. The fourth-order valence-corrected chi connectivity index (χ4v) is 8.29. The van der Waals surface area contributed by atoms with Crippen molar-refractivity contribution in [1.29, 1.82) is 0 Å². The molecule has 0 amide bonds. The van der Waals surface area contributed by atoms with Gasteiger partial charge in [0.25, 0.3) is 5.56 Å². The van der Waals surface area contributed by atoms with Crippen molar-refractivity contribution in [2.24, 2.45) is 5.92 Å². The lowest BCUT2D eigenvalue weighted by molar-refractivity contribution is -0.0500. The zero-order valence-electron chi connectivity index (χ0n) is 23.1. The Balaban J connectivity index is 1.22. The average Bonchev–Trinajstić information content (AvgIpc) is 3.75. The first-order valence-corrected chi connectivity index (χ1v) is 17.7. The summed E-state index contributed by atoms with van der Waals surface area (Å²) < 4.78 is 73.9. The second-order valence-corrected chi connectivity index (χ2v) is 15.0. The molecular formula is C21H26FN11O10P2S. The monoisotopic (exact) mass is 705 g/mol. The van der Waals surface area contributed by atoms with E-state index < -0.39 is 88.8 Å². The quantitative estimate of drug-likeness (QED) is 0.103. The summed E-state index contributed by atoms with van der Waals surface area (Å²) in [6, 6.07) is -1.56. The van der Waals surface area contributed by atoms with Crippen LogP contribution in [0, 0.1) is 5.92 Å². The molecule has 7 rings (SSSR count). The van der Waals surface area contributed by atoms with Crippen LogP contribution in [0.3, 0.4) is 0 Å². The zero-order valence-corrected chi connectivity index (χ0v) is 25.8. The molecule has 0 aliphatic carbocycles. The minimum atomic E-state index is -4.83. The van der Waals surface area contributed by atoms with Crippen LogP contribution in [0.2, 0.25) is 0 Å². The summed E-state index contributed by atoms with van der Waals surface area (Å²) in [5, 5.41) is 12.6. The molecule has 0 spiro atoms. The summed E-state index contributed by atoms with van der Waals surface area (Å²) in [4.78, 5) is 45.6. The number of aromatic nitrogens is 8. The number of nitrogen functional groups attached to an aromatic ring is 2. The van der Waals surface area contributed by atoms with Crippen LogP contribution in [-0.4, -0.2) is 99.4 Å². The molecule has 8 N–H and O–H groups in total. The van der Waals surface area contributed by atoms with Crippen LogP contribution < -0.4 is 22.1 Å². The number of aromatic amines is 1. The highest BCUT2D eigenvalue weighted by Gasteiger charge is 2.53. The topological polar surface area (TPSA) is 292 Å². The number of aliphatic hydroxyl groups excluding tert-OH is 1. The van der Waals surface area contributed by atoms with Crippen molar-refractivity contribution in [3.05, 3.63) is 29.3 Å². The molecule has 21 nitrogen and oxygen atoms in total. The Bertz CT molecular complexity index is 1960. The Morgan fingerprint density at radius 2 is 1.72 bits per heavy atom. The lowest BCUT2D eigenvalue weighted by Gasteiger charge is -2.27. The predicted octanol–water partition coefficient (Wildman–Crippen LogP) is -0.606. The highest BCUT2D eigenvalue weighted by molar-refractivity contribution is 8.44. The van der Waals surface area contributed by atoms with Crippen molar-refractivity contribution in [3.8, 4) is 0 Å². The summed E-state index contributed by atoms with van der Waals surface area (Å²) in [7, 11) is -4.83. The third kappa shape index (κ3) is 5.50. The first kappa shape index (κ1) is 31.5. The number of rotatable bonds is 3. The SMILES string of the molecule is Nc1nc2c(ncn2C2OC3COP(=O)(O)NC4C(CO[P@@](=O)(S)OC2C3CO)OC(n2cnc3c(N)ncnc32)C4F)c(=O)[nH]1. The molecule has 10 atom stereocenters. The van der Waals surface area contributed by atoms with E-state index in [1.807, 2.05) is 0 Å². The van der Waals surface area contributed by atoms with Crippen molar-refractivity contribution < 1.29 is 46.6 Å². The number of nitrogens with zero attached hydrogens (tertiary/aromatic N) is 7. The van der Waals surface area contributed by atoms with Gasteiger partial charge in [-0.25, -0.2) is 38.5 Å². The Morgan fingerprint density at radius 3 is 2.48 bits per heavy atom. The van der Waals surface area contributed by atoms with E-state index in [4.69, 9.17) is 34.5 Å². The minimum absolute atomic E-state index is 0.0358. The van der Waals surface area contributed by atoms with Crippen molar-refractivity contribution in [2.75, 3.05) is 31.3 Å². The van der Waals surface area contributed by atoms with Gasteiger partial charge in [0.1, 0.15) is 24.1 Å². The van der Waals surface area contributed by atoms with Gasteiger partial charge in [-0.15, -0.1) is 0 Å². The van der Waals surface area contributed by atoms with E-state index in [1.165, 1.54) is 21.8 Å². The highest BCUT2D eigenvalue weighted by atomic mass is 32.7. The van der Waals surface area contributed by atoms with Crippen molar-refractivity contribution in [3.63, 3.8) is 0 Å². The molecular weight excluding hydrogens is 679 g/mol. The van der Waals surface area contributed by atoms with E-state index >= 15 is 4.39 Å². The van der Waals surface area contributed by atoms with Gasteiger partial charge in [-0.1, -0.05) is 12.2 Å². The molecule has 4 aromatic rings. The van der Waals surface area contributed by atoms with Crippen LogP contribution in [0.25, 0.3) is 22.3 Å². The molecule has 3 saturated heterocycles. The lowest BCUT2D eigenvalue weighted by Crippen LogP contribution is -2.43. The number of hydrogen-bond acceptors (Lipinski definition) is 16. The Morgan fingerprint density at radius 1 is 1.02 bits per heavy atom. The number of hydrogen-bond donors (Lipinski definition) is 7. The number of imidazole rings is 2. The Labute approximate surface area is 261 Å². The number of alkyl halides is 1. The maximum Gasteiger partial charge on any atom is 0.403 e. The Hall–Kier alpha value is -3.08. The molecule has 46 heavy (non-hydrogen) atoms. The number of ether oxygens (including phenoxy) is 2. The van der Waals surface area contributed by atoms with Crippen LogP contribution in [0.1, 0.15) is 12.5 Å². The number of thiol groups is 1. The van der Waals surface area contributed by atoms with Gasteiger partial charge >= 0.3 is 14.5 Å². The van der Waals surface area contributed by atoms with E-state index in [2.05, 4.69) is 47.2 Å². The third-order valence-corrected chi connectivity index (χ3v) is 10.5. The van der Waals surface area contributed by atoms with Crippen LogP contribution in [0.5, 0.6) is 0 Å². The standard InChI is InChI=1S/C21H26FN11O10P2S/c22-10-11-9(42-19(10)32-5-27-12-15(23)25-4-26-16(12)32)3-40-45(38,46)43-14-7(1-34)8(2-39-44(36,37)31-11)41-20(14)33-6-28-13-17(33)29-21(24)30-18(13)35/h4-11,14,19-20,34H,1-3H2,(H,38,46)(H2,23,25,26)(H2,31,36,37)(H3,24,29,30,35)/t7?,8?,9?,10?,11?,14?,19?,20?,45-/m1/s1. The molecule has 0 saturated carbocycles. The van der Waals surface area contributed by atoms with Gasteiger partial charge < -0.3 is 30.9 Å². The van der Waals surface area contributed by atoms with Gasteiger partial charge in [-0.2, -0.15) is 4.98 Å². The summed E-state index contributed by atoms with van der Waals surface area (Å²) >= 11 is 4.10. The Kier molecular flexibility index (Phi) is 7.92. The smallest absolute Gasteiger partial charge is 0.396 e. The van der Waals surface area contributed by atoms with Gasteiger partial charge in [0, 0.05) is 5.92 Å². The summed E-state index contributed by atoms with van der Waals surface area (Å²) in [6.07, 6.45) is -5.10. The van der Waals surface area contributed by atoms with Crippen molar-refractivity contribution in [1.82, 2.24) is 44.1 Å². The van der Waals surface area contributed by atoms with Gasteiger partial charge in [-0.05, 0) is 0 Å². The highest BCUT2D eigenvalue weighted by Crippen LogP contribution is 2.58. The first-order chi connectivity index (χ1) is 21.9. The number of H-pyrrole nitrogens is 1. The molecule has 3 aliphatic heterocycles. The molecule has 0 aromatic carbocycles. The number of fused-ring (bicyclic) bond motifs is 5. The van der Waals surface area contributed by atoms with Gasteiger partial charge in [0.2, 0.25) is 5.95 Å². The molecule has 7 heterocycles. The largest absolute Gasteiger partial charge is 0.403 e. The summed E-state index contributed by atoms with van der Waals surface area (Å²) in [5.41, 5.74) is 11.1. The van der Waals surface area contributed by atoms with Crippen molar-refractivity contribution >= 4 is 60.9 Å². The van der Waals surface area contributed by atoms with Crippen LogP contribution in [-0.2, 0) is 32.2 Å². The molecule has 248 valence electrons. The van der Waals surface area contributed by atoms with E-state index in [0.29, 0.717) is 0 Å². The molecule has 3 fully saturated rings. The fourth-order valence-electron chi connectivity index (χ4n) is 5.69. The molecule has 25 heteroatoms. The van der Waals surface area contributed by atoms with Crippen LogP contribution in [0.4, 0.5) is 16.2 Å². The minimum Gasteiger partial charge on any atom is -0.396 e. The number of nitrogens with one attached hydrogen (secondary N) is 2. The van der Waals surface area contributed by atoms with E-state index in [0.717, 1.165) is 6.33 Å². The number of halogens is 1. The van der Waals surface area contributed by atoms with Gasteiger partial charge in [-0.3, -0.25) is 32.5 Å². The van der Waals surface area contributed by atoms with E-state index in [1.54, 1.807) is 0 Å². The zero-order chi connectivity index (χ0) is 32.5. The number of nitrogens with two attached hydrogens (primary N) is 2. The third-order valence-electron chi connectivity index (χ3n) is 7.80. The molecule has 9 unspecified atom stereocenters. The number of aliphatic hydroxyl groups is 1. The van der Waals surface area contributed by atoms with Gasteiger partial charge in [0.05, 0.1) is 44.6 Å². The maximum absolute atomic E-state index is 16.0. The fraction of sp³-hybridized carbons (Fsp3) is 0.524. The summed E-state index contributed by atoms with van der Waals surface area (Å²) in [5.74, 6) is -1.25. The van der Waals surface area contributed by atoms with Crippen LogP contribution >= 0.6 is 26.8 Å². The van der Waals surface area contributed by atoms with Crippen LogP contribution in [0.15, 0.2) is 23.8 Å². The molecule has 0 radical (unpaired) electrons.